The topological polar surface area (TPSA) is 136 Å². The molecule has 1 aliphatic carbocycles. The number of rotatable bonds is 5. The van der Waals surface area contributed by atoms with E-state index < -0.39 is 17.3 Å². The number of benzene rings is 1. The highest BCUT2D eigenvalue weighted by Gasteiger charge is 2.21. The van der Waals surface area contributed by atoms with E-state index >= 15 is 0 Å². The summed E-state index contributed by atoms with van der Waals surface area (Å²) in [5.74, 6) is -1.47. The molecular formula is C19H16F2N8O2. The predicted octanol–water partition coefficient (Wildman–Crippen LogP) is 0.347. The average Bonchev–Trinajstić information content (AvgIpc) is 3.36. The van der Waals surface area contributed by atoms with Crippen LogP contribution in [0.25, 0.3) is 11.7 Å². The normalized spacial score (nSPS) is 15.2. The Kier molecular flexibility index (Phi) is 4.46. The van der Waals surface area contributed by atoms with Crippen LogP contribution in [0.15, 0.2) is 34.2 Å². The molecule has 12 heteroatoms. The fourth-order valence-corrected chi connectivity index (χ4v) is 3.00. The van der Waals surface area contributed by atoms with Crippen molar-refractivity contribution < 1.29 is 13.9 Å². The molecule has 0 aliphatic heterocycles. The van der Waals surface area contributed by atoms with Crippen LogP contribution in [-0.4, -0.2) is 40.7 Å². The van der Waals surface area contributed by atoms with Crippen LogP contribution in [0.3, 0.4) is 0 Å². The van der Waals surface area contributed by atoms with E-state index in [2.05, 4.69) is 35.3 Å². The zero-order chi connectivity index (χ0) is 21.5. The molecule has 0 saturated heterocycles. The molecule has 10 nitrogen and oxygen atoms in total. The van der Waals surface area contributed by atoms with Gasteiger partial charge in [-0.05, 0) is 25.0 Å². The largest absolute Gasteiger partial charge is 0.493 e. The molecule has 1 saturated carbocycles. The number of anilines is 1. The number of aromatic amines is 2. The average molecular weight is 426 g/mol. The minimum atomic E-state index is -0.679. The maximum Gasteiger partial charge on any atom is 0.326 e. The highest BCUT2D eigenvalue weighted by atomic mass is 19.1. The maximum absolute atomic E-state index is 13.9. The molecule has 3 heterocycles. The Morgan fingerprint density at radius 3 is 2.84 bits per heavy atom. The molecule has 5 rings (SSSR count). The first kappa shape index (κ1) is 18.9. The van der Waals surface area contributed by atoms with Gasteiger partial charge in [0.2, 0.25) is 11.8 Å². The van der Waals surface area contributed by atoms with Crippen LogP contribution < -0.4 is 21.8 Å². The van der Waals surface area contributed by atoms with Crippen molar-refractivity contribution in [2.45, 2.75) is 25.4 Å². The first-order chi connectivity index (χ1) is 15.0. The predicted molar refractivity (Wildman–Crippen MR) is 105 cm³/mol. The van der Waals surface area contributed by atoms with E-state index in [1.165, 1.54) is 28.9 Å². The van der Waals surface area contributed by atoms with Gasteiger partial charge in [-0.25, -0.2) is 18.6 Å². The van der Waals surface area contributed by atoms with E-state index in [4.69, 9.17) is 0 Å². The van der Waals surface area contributed by atoms with Gasteiger partial charge >= 0.3 is 5.69 Å². The summed E-state index contributed by atoms with van der Waals surface area (Å²) < 4.78 is 28.5. The van der Waals surface area contributed by atoms with Crippen LogP contribution in [-0.2, 0) is 6.54 Å². The van der Waals surface area contributed by atoms with Crippen molar-refractivity contribution in [3.63, 3.8) is 0 Å². The van der Waals surface area contributed by atoms with Gasteiger partial charge in [-0.2, -0.15) is 19.6 Å². The molecule has 1 fully saturated rings. The standard InChI is InChI=1S/C19H16F2N8O2/c20-11-2-1-9(13(21)6-11)7-22-17-26-15-10(5-14-16(30)27-19(31)25-14)8-23-29(15)18(28-17)24-12-3-4-12/h1-2,5-6,8,12,30H,3-4,7H2,(H,22,24,28)(H2,25,27,31)/b10-5+. The van der Waals surface area contributed by atoms with Gasteiger partial charge in [0.05, 0.1) is 12.2 Å². The Morgan fingerprint density at radius 1 is 1.29 bits per heavy atom. The lowest BCUT2D eigenvalue weighted by molar-refractivity contribution is 0.454. The monoisotopic (exact) mass is 426 g/mol. The lowest BCUT2D eigenvalue weighted by Crippen LogP contribution is -2.24. The number of H-pyrrole nitrogens is 2. The van der Waals surface area contributed by atoms with Crippen molar-refractivity contribution in [2.75, 3.05) is 5.32 Å². The van der Waals surface area contributed by atoms with E-state index in [-0.39, 0.29) is 35.7 Å². The molecule has 1 aromatic carbocycles. The third-order valence-electron chi connectivity index (χ3n) is 4.71. The van der Waals surface area contributed by atoms with E-state index in [0.29, 0.717) is 16.5 Å². The van der Waals surface area contributed by atoms with Crippen LogP contribution in [0.4, 0.5) is 14.7 Å². The number of aromatic hydroxyl groups is 1. The summed E-state index contributed by atoms with van der Waals surface area (Å²) in [6.07, 6.45) is 4.92. The van der Waals surface area contributed by atoms with Gasteiger partial charge < -0.3 is 15.4 Å². The summed E-state index contributed by atoms with van der Waals surface area (Å²) >= 11 is 0. The lowest BCUT2D eigenvalue weighted by atomic mass is 10.2. The second-order valence-electron chi connectivity index (χ2n) is 7.12. The molecule has 1 aliphatic rings. The Hall–Kier alpha value is -4.09. The molecule has 0 bridgehead atoms. The Bertz CT molecular complexity index is 1470. The summed E-state index contributed by atoms with van der Waals surface area (Å²) in [5.41, 5.74) is 0.560. The van der Waals surface area contributed by atoms with Gasteiger partial charge in [0.1, 0.15) is 17.3 Å². The number of imidazole rings is 1. The maximum atomic E-state index is 13.9. The zero-order valence-electron chi connectivity index (χ0n) is 15.9. The molecular weight excluding hydrogens is 410 g/mol. The quantitative estimate of drug-likeness (QED) is 0.364. The molecule has 0 amide bonds. The lowest BCUT2D eigenvalue weighted by Gasteiger charge is -2.06. The van der Waals surface area contributed by atoms with Crippen molar-refractivity contribution in [1.29, 1.82) is 0 Å². The molecule has 0 atom stereocenters. The summed E-state index contributed by atoms with van der Waals surface area (Å²) in [6.45, 7) is 0.0320. The van der Waals surface area contributed by atoms with Crippen molar-refractivity contribution in [3.05, 3.63) is 68.6 Å². The van der Waals surface area contributed by atoms with Crippen LogP contribution in [0, 0.1) is 11.6 Å². The van der Waals surface area contributed by atoms with Gasteiger partial charge in [-0.15, -0.1) is 0 Å². The molecule has 158 valence electrons. The first-order valence-electron chi connectivity index (χ1n) is 9.47. The second-order valence-corrected chi connectivity index (χ2v) is 7.12. The van der Waals surface area contributed by atoms with Crippen molar-refractivity contribution in [2.24, 2.45) is 4.99 Å². The van der Waals surface area contributed by atoms with Gasteiger partial charge in [0.15, 0.2) is 5.65 Å². The minimum absolute atomic E-state index is 0.0320. The van der Waals surface area contributed by atoms with Crippen molar-refractivity contribution in [3.8, 4) is 5.88 Å². The zero-order valence-corrected chi connectivity index (χ0v) is 15.9. The minimum Gasteiger partial charge on any atom is -0.493 e. The van der Waals surface area contributed by atoms with E-state index in [0.717, 1.165) is 18.9 Å². The molecule has 3 aromatic heterocycles. The molecule has 31 heavy (non-hydrogen) atoms. The van der Waals surface area contributed by atoms with Crippen molar-refractivity contribution >= 4 is 17.7 Å². The Balaban J connectivity index is 1.58. The molecule has 0 spiro atoms. The van der Waals surface area contributed by atoms with Crippen LogP contribution >= 0.6 is 0 Å². The number of nitrogens with zero attached hydrogens (tertiary/aromatic N) is 5. The highest BCUT2D eigenvalue weighted by molar-refractivity contribution is 5.57. The third-order valence-corrected chi connectivity index (χ3v) is 4.71. The number of halogens is 2. The van der Waals surface area contributed by atoms with Gasteiger partial charge in [-0.3, -0.25) is 4.98 Å². The Morgan fingerprint density at radius 2 is 2.13 bits per heavy atom. The van der Waals surface area contributed by atoms with Gasteiger partial charge in [0, 0.05) is 23.4 Å². The number of aromatic nitrogens is 6. The summed E-state index contributed by atoms with van der Waals surface area (Å²) in [7, 11) is 0. The first-order valence-corrected chi connectivity index (χ1v) is 9.47. The fourth-order valence-electron chi connectivity index (χ4n) is 3.00. The summed E-state index contributed by atoms with van der Waals surface area (Å²) in [4.78, 5) is 29.4. The SMILES string of the molecule is O=c1[nH]c(O)c(/C=c2\cnn3c(=NC4CC4)nc(NCc4ccc(F)cc4F)nc23)[nH]1. The fraction of sp³-hybridized carbons (Fsp3) is 0.211. The smallest absolute Gasteiger partial charge is 0.326 e. The summed E-state index contributed by atoms with van der Waals surface area (Å²) in [6, 6.07) is 3.48. The molecule has 4 aromatic rings. The summed E-state index contributed by atoms with van der Waals surface area (Å²) in [5, 5.41) is 17.5. The van der Waals surface area contributed by atoms with Crippen LogP contribution in [0.5, 0.6) is 5.88 Å². The van der Waals surface area contributed by atoms with Crippen molar-refractivity contribution in [1.82, 2.24) is 29.5 Å². The van der Waals surface area contributed by atoms with E-state index in [1.54, 1.807) is 0 Å². The van der Waals surface area contributed by atoms with E-state index in [9.17, 15) is 18.7 Å². The second kappa shape index (κ2) is 7.31. The van der Waals surface area contributed by atoms with Gasteiger partial charge in [0.25, 0.3) is 5.62 Å². The molecule has 0 radical (unpaired) electrons. The number of fused-ring (bicyclic) bond motifs is 1. The van der Waals surface area contributed by atoms with E-state index in [1.807, 2.05) is 0 Å². The number of hydrogen-bond donors (Lipinski definition) is 4. The molecule has 4 N–H and O–H groups in total. The number of hydrogen-bond acceptors (Lipinski definition) is 7. The van der Waals surface area contributed by atoms with Crippen LogP contribution in [0.1, 0.15) is 24.1 Å². The molecule has 0 unspecified atom stereocenters. The van der Waals surface area contributed by atoms with Gasteiger partial charge in [-0.1, -0.05) is 6.07 Å². The highest BCUT2D eigenvalue weighted by Crippen LogP contribution is 2.22. The Labute approximate surface area is 172 Å². The number of nitrogens with one attached hydrogen (secondary N) is 3. The van der Waals surface area contributed by atoms with Crippen LogP contribution in [0.2, 0.25) is 0 Å². The third kappa shape index (κ3) is 3.86.